The van der Waals surface area contributed by atoms with Gasteiger partial charge in [-0.05, 0) is 30.3 Å². The lowest BCUT2D eigenvalue weighted by Crippen LogP contribution is -2.46. The molecule has 1 aromatic heterocycles. The summed E-state index contributed by atoms with van der Waals surface area (Å²) in [6.07, 6.45) is 1.64. The summed E-state index contributed by atoms with van der Waals surface area (Å²) in [5, 5.41) is 2.58. The minimum absolute atomic E-state index is 0.0929. The van der Waals surface area contributed by atoms with Crippen LogP contribution in [0.2, 0.25) is 0 Å². The highest BCUT2D eigenvalue weighted by Crippen LogP contribution is 2.11. The van der Waals surface area contributed by atoms with Crippen LogP contribution in [-0.2, 0) is 16.0 Å². The number of carbonyl (C=O) groups excluding carboxylic acids is 3. The molecule has 0 saturated heterocycles. The first-order valence-electron chi connectivity index (χ1n) is 8.47. The first kappa shape index (κ1) is 19.0. The molecule has 0 saturated carbocycles. The topological polar surface area (TPSA) is 124 Å². The summed E-state index contributed by atoms with van der Waals surface area (Å²) in [4.78, 5) is 44.7. The van der Waals surface area contributed by atoms with Gasteiger partial charge in [-0.15, -0.1) is 0 Å². The lowest BCUT2D eigenvalue weighted by molar-refractivity contribution is -0.119. The lowest BCUT2D eigenvalue weighted by atomic mass is 10.1. The van der Waals surface area contributed by atoms with Gasteiger partial charge >= 0.3 is 5.97 Å². The maximum absolute atomic E-state index is 12.5. The zero-order valence-electron chi connectivity index (χ0n) is 15.1. The number of amides is 2. The van der Waals surface area contributed by atoms with Gasteiger partial charge in [0.25, 0.3) is 5.91 Å². The first-order valence-corrected chi connectivity index (χ1v) is 8.47. The molecular weight excluding hydrogens is 360 g/mol. The number of hydrogen-bond acceptors (Lipinski definition) is 6. The number of aromatic nitrogens is 2. The van der Waals surface area contributed by atoms with Crippen LogP contribution in [0, 0.1) is 0 Å². The first-order chi connectivity index (χ1) is 13.5. The van der Waals surface area contributed by atoms with Crippen molar-refractivity contribution in [2.24, 2.45) is 5.73 Å². The van der Waals surface area contributed by atoms with E-state index in [1.165, 1.54) is 25.3 Å². The van der Waals surface area contributed by atoms with E-state index < -0.39 is 23.8 Å². The molecule has 0 bridgehead atoms. The third-order valence-electron chi connectivity index (χ3n) is 4.11. The van der Waals surface area contributed by atoms with E-state index >= 15 is 0 Å². The molecule has 0 radical (unpaired) electrons. The van der Waals surface area contributed by atoms with Crippen LogP contribution in [0.5, 0.6) is 0 Å². The van der Waals surface area contributed by atoms with E-state index in [9.17, 15) is 14.4 Å². The fourth-order valence-electron chi connectivity index (χ4n) is 2.67. The van der Waals surface area contributed by atoms with E-state index in [-0.39, 0.29) is 17.5 Å². The number of benzene rings is 2. The summed E-state index contributed by atoms with van der Waals surface area (Å²) in [6.45, 7) is 0. The molecule has 3 aromatic rings. The van der Waals surface area contributed by atoms with Crippen molar-refractivity contribution in [1.29, 1.82) is 0 Å². The van der Waals surface area contributed by atoms with Crippen molar-refractivity contribution in [3.63, 3.8) is 0 Å². The average molecular weight is 378 g/mol. The number of nitrogens with two attached hydrogens (primary N) is 1. The summed E-state index contributed by atoms with van der Waals surface area (Å²) < 4.78 is 4.64. The van der Waals surface area contributed by atoms with E-state index in [0.717, 1.165) is 5.52 Å². The molecule has 8 heteroatoms. The van der Waals surface area contributed by atoms with Crippen LogP contribution in [-0.4, -0.2) is 40.9 Å². The minimum Gasteiger partial charge on any atom is -0.465 e. The van der Waals surface area contributed by atoms with E-state index in [2.05, 4.69) is 20.0 Å². The molecule has 0 unspecified atom stereocenters. The van der Waals surface area contributed by atoms with Crippen molar-refractivity contribution in [2.75, 3.05) is 7.11 Å². The molecule has 8 nitrogen and oxygen atoms in total. The molecule has 3 rings (SSSR count). The molecule has 142 valence electrons. The Morgan fingerprint density at radius 1 is 1.07 bits per heavy atom. The summed E-state index contributed by atoms with van der Waals surface area (Å²) in [5.41, 5.74) is 7.81. The predicted octanol–water partition coefficient (Wildman–Crippen LogP) is 1.24. The van der Waals surface area contributed by atoms with E-state index in [0.29, 0.717) is 11.2 Å². The number of fused-ring (bicyclic) bond motifs is 1. The van der Waals surface area contributed by atoms with Gasteiger partial charge < -0.3 is 15.8 Å². The second-order valence-corrected chi connectivity index (χ2v) is 6.05. The Balaban J connectivity index is 1.78. The number of primary amides is 1. The van der Waals surface area contributed by atoms with Gasteiger partial charge in [-0.3, -0.25) is 14.6 Å². The second kappa shape index (κ2) is 8.26. The van der Waals surface area contributed by atoms with Crippen LogP contribution in [0.25, 0.3) is 11.0 Å². The maximum atomic E-state index is 12.5. The van der Waals surface area contributed by atoms with Crippen LogP contribution in [0.1, 0.15) is 26.4 Å². The molecule has 28 heavy (non-hydrogen) atoms. The predicted molar refractivity (Wildman–Crippen MR) is 101 cm³/mol. The maximum Gasteiger partial charge on any atom is 0.337 e. The van der Waals surface area contributed by atoms with Crippen LogP contribution >= 0.6 is 0 Å². The monoisotopic (exact) mass is 378 g/mol. The molecule has 3 N–H and O–H groups in total. The number of esters is 1. The summed E-state index contributed by atoms with van der Waals surface area (Å²) >= 11 is 0. The molecule has 1 heterocycles. The zero-order chi connectivity index (χ0) is 20.1. The standard InChI is InChI=1S/C20H18N4O4/c1-28-20(27)13-6-4-5-12(9-13)19(26)24-17(18(21)25)10-14-11-22-15-7-2-3-8-16(15)23-14/h2-9,11,17H,10H2,1H3,(H2,21,25)(H,24,26)/t17-/m0/s1. The number of carbonyl (C=O) groups is 3. The average Bonchev–Trinajstić information content (AvgIpc) is 2.72. The summed E-state index contributed by atoms with van der Waals surface area (Å²) in [6, 6.07) is 12.3. The summed E-state index contributed by atoms with van der Waals surface area (Å²) in [5.74, 6) is -1.80. The molecule has 0 aliphatic rings. The summed E-state index contributed by atoms with van der Waals surface area (Å²) in [7, 11) is 1.25. The number of nitrogens with one attached hydrogen (secondary N) is 1. The Morgan fingerprint density at radius 3 is 2.50 bits per heavy atom. The number of hydrogen-bond donors (Lipinski definition) is 2. The molecule has 0 spiro atoms. The van der Waals surface area contributed by atoms with Crippen molar-refractivity contribution >= 4 is 28.8 Å². The fraction of sp³-hybridized carbons (Fsp3) is 0.150. The van der Waals surface area contributed by atoms with Crippen molar-refractivity contribution in [3.8, 4) is 0 Å². The van der Waals surface area contributed by atoms with Gasteiger partial charge in [-0.25, -0.2) is 9.78 Å². The Bertz CT molecular complexity index is 1050. The SMILES string of the molecule is COC(=O)c1cccc(C(=O)N[C@@H](Cc2cnc3ccccc3n2)C(N)=O)c1. The van der Waals surface area contributed by atoms with Gasteiger partial charge in [-0.2, -0.15) is 0 Å². The highest BCUT2D eigenvalue weighted by atomic mass is 16.5. The molecular formula is C20H18N4O4. The van der Waals surface area contributed by atoms with Gasteiger partial charge in [-0.1, -0.05) is 18.2 Å². The normalized spacial score (nSPS) is 11.6. The van der Waals surface area contributed by atoms with E-state index in [4.69, 9.17) is 5.73 Å². The highest BCUT2D eigenvalue weighted by molar-refractivity contribution is 5.99. The second-order valence-electron chi connectivity index (χ2n) is 6.05. The van der Waals surface area contributed by atoms with Gasteiger partial charge in [0.2, 0.25) is 5.91 Å². The van der Waals surface area contributed by atoms with E-state index in [1.54, 1.807) is 12.3 Å². The van der Waals surface area contributed by atoms with Crippen LogP contribution < -0.4 is 11.1 Å². The molecule has 0 aliphatic heterocycles. The smallest absolute Gasteiger partial charge is 0.337 e. The largest absolute Gasteiger partial charge is 0.465 e. The van der Waals surface area contributed by atoms with Crippen LogP contribution in [0.3, 0.4) is 0 Å². The Hall–Kier alpha value is -3.81. The van der Waals surface area contributed by atoms with Gasteiger partial charge in [0.1, 0.15) is 6.04 Å². The van der Waals surface area contributed by atoms with Crippen molar-refractivity contribution in [1.82, 2.24) is 15.3 Å². The number of methoxy groups -OCH3 is 1. The van der Waals surface area contributed by atoms with E-state index in [1.807, 2.05) is 24.3 Å². The fourth-order valence-corrected chi connectivity index (χ4v) is 2.67. The quantitative estimate of drug-likeness (QED) is 0.622. The molecule has 0 aliphatic carbocycles. The molecule has 2 amide bonds. The molecule has 1 atom stereocenters. The highest BCUT2D eigenvalue weighted by Gasteiger charge is 2.21. The van der Waals surface area contributed by atoms with Crippen LogP contribution in [0.15, 0.2) is 54.7 Å². The number of para-hydroxylation sites is 2. The van der Waals surface area contributed by atoms with Gasteiger partial charge in [0, 0.05) is 18.2 Å². The third kappa shape index (κ3) is 4.29. The number of nitrogens with zero attached hydrogens (tertiary/aromatic N) is 2. The third-order valence-corrected chi connectivity index (χ3v) is 4.11. The molecule has 0 fully saturated rings. The van der Waals surface area contributed by atoms with Gasteiger partial charge in [0.15, 0.2) is 0 Å². The minimum atomic E-state index is -0.982. The Morgan fingerprint density at radius 2 is 1.79 bits per heavy atom. The number of ether oxygens (including phenoxy) is 1. The van der Waals surface area contributed by atoms with Crippen molar-refractivity contribution in [2.45, 2.75) is 12.5 Å². The molecule has 2 aromatic carbocycles. The van der Waals surface area contributed by atoms with Crippen molar-refractivity contribution in [3.05, 3.63) is 71.5 Å². The zero-order valence-corrected chi connectivity index (χ0v) is 15.1. The van der Waals surface area contributed by atoms with Crippen molar-refractivity contribution < 1.29 is 19.1 Å². The number of rotatable bonds is 6. The Kier molecular flexibility index (Phi) is 5.59. The Labute approximate surface area is 160 Å². The van der Waals surface area contributed by atoms with Gasteiger partial charge in [0.05, 0.1) is 29.4 Å². The lowest BCUT2D eigenvalue weighted by Gasteiger charge is -2.15. The van der Waals surface area contributed by atoms with Crippen LogP contribution in [0.4, 0.5) is 0 Å².